The monoisotopic (exact) mass is 312 g/mol. The van der Waals surface area contributed by atoms with Crippen LogP contribution in [0.5, 0.6) is 0 Å². The molecule has 1 amide bonds. The number of hydrogen-bond donors (Lipinski definition) is 0. The van der Waals surface area contributed by atoms with Crippen molar-refractivity contribution in [3.63, 3.8) is 0 Å². The van der Waals surface area contributed by atoms with Crippen LogP contribution in [-0.2, 0) is 0 Å². The van der Waals surface area contributed by atoms with Gasteiger partial charge in [0.25, 0.3) is 5.91 Å². The van der Waals surface area contributed by atoms with Crippen LogP contribution in [0.4, 0.5) is 0 Å². The number of carbonyl (C=O) groups is 1. The molecule has 0 aliphatic heterocycles. The Labute approximate surface area is 132 Å². The number of aromatic nitrogens is 3. The minimum absolute atomic E-state index is 0.0230. The summed E-state index contributed by atoms with van der Waals surface area (Å²) in [5.74, 6) is -0.0230. The van der Waals surface area contributed by atoms with E-state index in [4.69, 9.17) is 0 Å². The quantitative estimate of drug-likeness (QED) is 0.743. The summed E-state index contributed by atoms with van der Waals surface area (Å²) in [7, 11) is 1.83. The third kappa shape index (κ3) is 2.65. The van der Waals surface area contributed by atoms with E-state index < -0.39 is 0 Å². The van der Waals surface area contributed by atoms with Crippen molar-refractivity contribution in [3.8, 4) is 5.69 Å². The fraction of sp³-hybridized carbons (Fsp3) is 0.188. The molecule has 3 rings (SSSR count). The minimum Gasteiger partial charge on any atom is -0.334 e. The zero-order valence-electron chi connectivity index (χ0n) is 12.4. The molecular weight excluding hydrogens is 296 g/mol. The number of hydrogen-bond acceptors (Lipinski definition) is 4. The summed E-state index contributed by atoms with van der Waals surface area (Å²) in [6.45, 7) is 2.03. The van der Waals surface area contributed by atoms with E-state index in [2.05, 4.69) is 10.2 Å². The lowest BCUT2D eigenvalue weighted by molar-refractivity contribution is 0.0745. The highest BCUT2D eigenvalue weighted by Crippen LogP contribution is 2.26. The van der Waals surface area contributed by atoms with E-state index >= 15 is 0 Å². The maximum absolute atomic E-state index is 12.9. The van der Waals surface area contributed by atoms with Gasteiger partial charge >= 0.3 is 0 Å². The van der Waals surface area contributed by atoms with E-state index in [1.54, 1.807) is 33.5 Å². The van der Waals surface area contributed by atoms with E-state index in [1.165, 1.54) is 0 Å². The zero-order valence-corrected chi connectivity index (χ0v) is 13.2. The highest BCUT2D eigenvalue weighted by molar-refractivity contribution is 7.10. The van der Waals surface area contributed by atoms with Crippen LogP contribution in [0.1, 0.15) is 28.2 Å². The summed E-state index contributed by atoms with van der Waals surface area (Å²) >= 11 is 1.65. The Morgan fingerprint density at radius 1 is 1.18 bits per heavy atom. The molecule has 112 valence electrons. The topological polar surface area (TPSA) is 51.0 Å². The number of amides is 1. The first kappa shape index (κ1) is 14.5. The van der Waals surface area contributed by atoms with Crippen molar-refractivity contribution in [1.82, 2.24) is 19.7 Å². The van der Waals surface area contributed by atoms with Gasteiger partial charge in [-0.15, -0.1) is 21.5 Å². The largest absolute Gasteiger partial charge is 0.334 e. The maximum Gasteiger partial charge on any atom is 0.256 e. The molecule has 0 aliphatic rings. The van der Waals surface area contributed by atoms with Crippen molar-refractivity contribution in [2.75, 3.05) is 7.05 Å². The lowest BCUT2D eigenvalue weighted by Crippen LogP contribution is -2.30. The molecule has 22 heavy (non-hydrogen) atoms. The normalized spacial score (nSPS) is 12.1. The first-order valence-corrected chi connectivity index (χ1v) is 7.81. The van der Waals surface area contributed by atoms with Gasteiger partial charge in [-0.25, -0.2) is 0 Å². The molecule has 0 spiro atoms. The van der Waals surface area contributed by atoms with Gasteiger partial charge in [-0.2, -0.15) is 0 Å². The Bertz CT molecular complexity index is 752. The zero-order chi connectivity index (χ0) is 15.5. The lowest BCUT2D eigenvalue weighted by atomic mass is 10.1. The Morgan fingerprint density at radius 2 is 1.91 bits per heavy atom. The van der Waals surface area contributed by atoms with Crippen molar-refractivity contribution in [3.05, 3.63) is 64.9 Å². The molecule has 0 radical (unpaired) electrons. The summed E-state index contributed by atoms with van der Waals surface area (Å²) in [4.78, 5) is 15.8. The van der Waals surface area contributed by atoms with Gasteiger partial charge < -0.3 is 4.90 Å². The molecule has 3 aromatic rings. The van der Waals surface area contributed by atoms with Crippen molar-refractivity contribution < 1.29 is 4.79 Å². The molecule has 1 aromatic carbocycles. The van der Waals surface area contributed by atoms with Crippen molar-refractivity contribution in [2.45, 2.75) is 13.0 Å². The Morgan fingerprint density at radius 3 is 2.59 bits per heavy atom. The lowest BCUT2D eigenvalue weighted by Gasteiger charge is -2.25. The maximum atomic E-state index is 12.9. The molecule has 0 unspecified atom stereocenters. The first-order chi connectivity index (χ1) is 10.7. The molecule has 0 saturated carbocycles. The van der Waals surface area contributed by atoms with E-state index in [1.807, 2.05) is 55.7 Å². The molecule has 2 aromatic heterocycles. The van der Waals surface area contributed by atoms with Crippen LogP contribution >= 0.6 is 11.3 Å². The standard InChI is InChI=1S/C16H16N4OS/c1-12(15-8-5-9-22-15)19(2)16(21)13-6-3-4-7-14(13)20-10-17-18-11-20/h3-12H,1-2H3/t12-/m0/s1. The van der Waals surface area contributed by atoms with Gasteiger partial charge in [-0.3, -0.25) is 9.36 Å². The van der Waals surface area contributed by atoms with Crippen LogP contribution < -0.4 is 0 Å². The molecule has 6 heteroatoms. The number of benzene rings is 1. The summed E-state index contributed by atoms with van der Waals surface area (Å²) in [6.07, 6.45) is 3.18. The fourth-order valence-corrected chi connectivity index (χ4v) is 3.12. The highest BCUT2D eigenvalue weighted by Gasteiger charge is 2.22. The first-order valence-electron chi connectivity index (χ1n) is 6.93. The summed E-state index contributed by atoms with van der Waals surface area (Å²) in [6, 6.07) is 11.6. The van der Waals surface area contributed by atoms with E-state index in [0.717, 1.165) is 10.6 Å². The van der Waals surface area contributed by atoms with E-state index in [9.17, 15) is 4.79 Å². The van der Waals surface area contributed by atoms with Gasteiger partial charge in [0, 0.05) is 11.9 Å². The van der Waals surface area contributed by atoms with Crippen LogP contribution in [0, 0.1) is 0 Å². The molecule has 0 fully saturated rings. The van der Waals surface area contributed by atoms with Gasteiger partial charge in [-0.05, 0) is 30.5 Å². The predicted octanol–water partition coefficient (Wildman–Crippen LogP) is 3.16. The number of para-hydroxylation sites is 1. The molecule has 0 saturated heterocycles. The molecule has 5 nitrogen and oxygen atoms in total. The van der Waals surface area contributed by atoms with E-state index in [-0.39, 0.29) is 11.9 Å². The second kappa shape index (κ2) is 6.11. The van der Waals surface area contributed by atoms with Crippen LogP contribution in [0.2, 0.25) is 0 Å². The molecule has 2 heterocycles. The molecular formula is C16H16N4OS. The fourth-order valence-electron chi connectivity index (χ4n) is 2.29. The highest BCUT2D eigenvalue weighted by atomic mass is 32.1. The van der Waals surface area contributed by atoms with Crippen molar-refractivity contribution in [1.29, 1.82) is 0 Å². The molecule has 0 aliphatic carbocycles. The molecule has 0 N–H and O–H groups in total. The predicted molar refractivity (Wildman–Crippen MR) is 86.2 cm³/mol. The average molecular weight is 312 g/mol. The number of thiophene rings is 1. The van der Waals surface area contributed by atoms with E-state index in [0.29, 0.717) is 5.56 Å². The van der Waals surface area contributed by atoms with Crippen molar-refractivity contribution >= 4 is 17.2 Å². The van der Waals surface area contributed by atoms with Gasteiger partial charge in [0.2, 0.25) is 0 Å². The summed E-state index contributed by atoms with van der Waals surface area (Å²) in [5, 5.41) is 9.64. The summed E-state index contributed by atoms with van der Waals surface area (Å²) in [5.41, 5.74) is 1.41. The third-order valence-electron chi connectivity index (χ3n) is 3.69. The van der Waals surface area contributed by atoms with Gasteiger partial charge in [0.05, 0.1) is 17.3 Å². The van der Waals surface area contributed by atoms with Crippen molar-refractivity contribution in [2.24, 2.45) is 0 Å². The average Bonchev–Trinajstić information content (AvgIpc) is 3.25. The smallest absolute Gasteiger partial charge is 0.256 e. The SMILES string of the molecule is C[C@@H](c1cccs1)N(C)C(=O)c1ccccc1-n1cnnc1. The second-order valence-electron chi connectivity index (χ2n) is 4.99. The molecule has 1 atom stereocenters. The summed E-state index contributed by atoms with van der Waals surface area (Å²) < 4.78 is 1.75. The van der Waals surface area contributed by atoms with Crippen LogP contribution in [0.3, 0.4) is 0 Å². The number of carbonyl (C=O) groups excluding carboxylic acids is 1. The Hall–Kier alpha value is -2.47. The minimum atomic E-state index is -0.0230. The Balaban J connectivity index is 1.93. The van der Waals surface area contributed by atoms with Gasteiger partial charge in [0.1, 0.15) is 12.7 Å². The van der Waals surface area contributed by atoms with Crippen LogP contribution in [-0.4, -0.2) is 32.6 Å². The van der Waals surface area contributed by atoms with Gasteiger partial charge in [-0.1, -0.05) is 18.2 Å². The van der Waals surface area contributed by atoms with Crippen LogP contribution in [0.25, 0.3) is 5.69 Å². The van der Waals surface area contributed by atoms with Crippen LogP contribution in [0.15, 0.2) is 54.4 Å². The third-order valence-corrected chi connectivity index (χ3v) is 4.73. The number of rotatable bonds is 4. The number of nitrogens with zero attached hydrogens (tertiary/aromatic N) is 4. The molecule has 0 bridgehead atoms. The van der Waals surface area contributed by atoms with Gasteiger partial charge in [0.15, 0.2) is 0 Å². The second-order valence-corrected chi connectivity index (χ2v) is 5.97. The Kier molecular flexibility index (Phi) is 4.02.